The lowest BCUT2D eigenvalue weighted by atomic mass is 9.83. The van der Waals surface area contributed by atoms with Gasteiger partial charge >= 0.3 is 0 Å². The van der Waals surface area contributed by atoms with Gasteiger partial charge in [0.25, 0.3) is 0 Å². The van der Waals surface area contributed by atoms with Crippen LogP contribution in [-0.2, 0) is 6.54 Å². The molecule has 0 saturated heterocycles. The van der Waals surface area contributed by atoms with Gasteiger partial charge in [0.05, 0.1) is 12.8 Å². The van der Waals surface area contributed by atoms with Crippen LogP contribution in [0.25, 0.3) is 0 Å². The fourth-order valence-electron chi connectivity index (χ4n) is 3.52. The van der Waals surface area contributed by atoms with Gasteiger partial charge in [-0.1, -0.05) is 19.8 Å². The Bertz CT molecular complexity index is 450. The summed E-state index contributed by atoms with van der Waals surface area (Å²) in [6, 6.07) is 4.63. The van der Waals surface area contributed by atoms with E-state index < -0.39 is 0 Å². The summed E-state index contributed by atoms with van der Waals surface area (Å²) in [5, 5.41) is 0. The number of ether oxygens (including phenoxy) is 1. The number of nitrogens with two attached hydrogens (primary N) is 1. The van der Waals surface area contributed by atoms with E-state index in [-0.39, 0.29) is 0 Å². The summed E-state index contributed by atoms with van der Waals surface area (Å²) in [5.41, 5.74) is 8.09. The topological polar surface area (TPSA) is 51.4 Å². The van der Waals surface area contributed by atoms with Crippen LogP contribution in [0.4, 0.5) is 0 Å². The van der Waals surface area contributed by atoms with E-state index in [0.717, 1.165) is 36.8 Å². The van der Waals surface area contributed by atoms with Crippen LogP contribution in [0.5, 0.6) is 5.75 Å². The maximum Gasteiger partial charge on any atom is 0.122 e. The maximum absolute atomic E-state index is 5.99. The third-order valence-corrected chi connectivity index (χ3v) is 4.63. The third-order valence-electron chi connectivity index (χ3n) is 4.63. The van der Waals surface area contributed by atoms with Gasteiger partial charge < -0.3 is 10.5 Å². The Morgan fingerprint density at radius 1 is 1.33 bits per heavy atom. The third kappa shape index (κ3) is 4.17. The second kappa shape index (κ2) is 7.76. The van der Waals surface area contributed by atoms with Crippen molar-refractivity contribution in [1.82, 2.24) is 9.88 Å². The van der Waals surface area contributed by atoms with Crippen LogP contribution in [-0.4, -0.2) is 36.1 Å². The lowest BCUT2D eigenvalue weighted by Crippen LogP contribution is -2.44. The molecule has 2 rings (SSSR count). The van der Waals surface area contributed by atoms with Crippen LogP contribution >= 0.6 is 0 Å². The van der Waals surface area contributed by atoms with Crippen molar-refractivity contribution in [3.8, 4) is 5.75 Å². The van der Waals surface area contributed by atoms with Crippen molar-refractivity contribution in [3.05, 3.63) is 23.5 Å². The number of methoxy groups -OCH3 is 1. The Hall–Kier alpha value is -1.13. The molecule has 1 saturated carbocycles. The molecule has 1 fully saturated rings. The largest absolute Gasteiger partial charge is 0.497 e. The molecular formula is C17H29N3O. The number of pyridine rings is 1. The van der Waals surface area contributed by atoms with E-state index in [1.807, 2.05) is 13.0 Å². The predicted octanol–water partition coefficient (Wildman–Crippen LogP) is 2.74. The Kier molecular flexibility index (Phi) is 6.00. The molecule has 0 aromatic carbocycles. The van der Waals surface area contributed by atoms with E-state index in [1.165, 1.54) is 25.7 Å². The average Bonchev–Trinajstić information content (AvgIpc) is 2.52. The van der Waals surface area contributed by atoms with E-state index in [4.69, 9.17) is 10.5 Å². The minimum atomic E-state index is 0.599. The number of rotatable bonds is 6. The standard InChI is InChI=1S/C17H29N3O/c1-4-20(17-8-6-5-7-14(17)11-18)12-15-10-16(21-3)9-13(2)19-15/h9-10,14,17H,4-8,11-12,18H2,1-3H3. The second-order valence-electron chi connectivity index (χ2n) is 6.05. The normalized spacial score (nSPS) is 22.5. The Labute approximate surface area is 128 Å². The van der Waals surface area contributed by atoms with Crippen LogP contribution in [0.2, 0.25) is 0 Å². The molecule has 0 aliphatic heterocycles. The second-order valence-corrected chi connectivity index (χ2v) is 6.05. The minimum Gasteiger partial charge on any atom is -0.497 e. The van der Waals surface area contributed by atoms with E-state index in [9.17, 15) is 0 Å². The van der Waals surface area contributed by atoms with Gasteiger partial charge in [-0.15, -0.1) is 0 Å². The first-order valence-electron chi connectivity index (χ1n) is 8.13. The number of aryl methyl sites for hydroxylation is 1. The summed E-state index contributed by atoms with van der Waals surface area (Å²) in [4.78, 5) is 7.20. The molecule has 1 heterocycles. The van der Waals surface area contributed by atoms with Crippen molar-refractivity contribution >= 4 is 0 Å². The van der Waals surface area contributed by atoms with Crippen molar-refractivity contribution in [1.29, 1.82) is 0 Å². The Balaban J connectivity index is 2.12. The summed E-state index contributed by atoms with van der Waals surface area (Å²) < 4.78 is 5.36. The molecule has 21 heavy (non-hydrogen) atoms. The van der Waals surface area contributed by atoms with Crippen molar-refractivity contribution < 1.29 is 4.74 Å². The molecular weight excluding hydrogens is 262 g/mol. The van der Waals surface area contributed by atoms with Gasteiger partial charge in [-0.05, 0) is 38.8 Å². The average molecular weight is 291 g/mol. The molecule has 0 amide bonds. The molecule has 0 radical (unpaired) electrons. The lowest BCUT2D eigenvalue weighted by molar-refractivity contribution is 0.104. The van der Waals surface area contributed by atoms with Gasteiger partial charge in [-0.25, -0.2) is 0 Å². The fraction of sp³-hybridized carbons (Fsp3) is 0.706. The quantitative estimate of drug-likeness (QED) is 0.875. The monoisotopic (exact) mass is 291 g/mol. The van der Waals surface area contributed by atoms with E-state index in [0.29, 0.717) is 12.0 Å². The molecule has 2 unspecified atom stereocenters. The highest BCUT2D eigenvalue weighted by Gasteiger charge is 2.28. The highest BCUT2D eigenvalue weighted by atomic mass is 16.5. The van der Waals surface area contributed by atoms with Crippen molar-refractivity contribution in [2.75, 3.05) is 20.2 Å². The van der Waals surface area contributed by atoms with Gasteiger partial charge in [0.1, 0.15) is 5.75 Å². The number of hydrogen-bond acceptors (Lipinski definition) is 4. The lowest BCUT2D eigenvalue weighted by Gasteiger charge is -2.39. The smallest absolute Gasteiger partial charge is 0.122 e. The fourth-order valence-corrected chi connectivity index (χ4v) is 3.52. The molecule has 118 valence electrons. The minimum absolute atomic E-state index is 0.599. The van der Waals surface area contributed by atoms with E-state index >= 15 is 0 Å². The summed E-state index contributed by atoms with van der Waals surface area (Å²) in [7, 11) is 1.71. The molecule has 0 bridgehead atoms. The van der Waals surface area contributed by atoms with Crippen molar-refractivity contribution in [3.63, 3.8) is 0 Å². The van der Waals surface area contributed by atoms with Gasteiger partial charge in [-0.2, -0.15) is 0 Å². The van der Waals surface area contributed by atoms with Crippen molar-refractivity contribution in [2.24, 2.45) is 11.7 Å². The summed E-state index contributed by atoms with van der Waals surface area (Å²) >= 11 is 0. The Morgan fingerprint density at radius 2 is 2.10 bits per heavy atom. The summed E-state index contributed by atoms with van der Waals surface area (Å²) in [5.74, 6) is 1.53. The van der Waals surface area contributed by atoms with Crippen LogP contribution in [0.3, 0.4) is 0 Å². The van der Waals surface area contributed by atoms with Crippen molar-refractivity contribution in [2.45, 2.75) is 52.1 Å². The maximum atomic E-state index is 5.99. The number of nitrogens with zero attached hydrogens (tertiary/aromatic N) is 2. The number of hydrogen-bond donors (Lipinski definition) is 1. The molecule has 2 atom stereocenters. The molecule has 4 heteroatoms. The number of aromatic nitrogens is 1. The van der Waals surface area contributed by atoms with Gasteiger partial charge in [0.15, 0.2) is 0 Å². The highest BCUT2D eigenvalue weighted by Crippen LogP contribution is 2.29. The predicted molar refractivity (Wildman–Crippen MR) is 86.4 cm³/mol. The van der Waals surface area contributed by atoms with E-state index in [2.05, 4.69) is 22.9 Å². The molecule has 4 nitrogen and oxygen atoms in total. The van der Waals surface area contributed by atoms with Crippen LogP contribution in [0.15, 0.2) is 12.1 Å². The van der Waals surface area contributed by atoms with Gasteiger partial charge in [0.2, 0.25) is 0 Å². The van der Waals surface area contributed by atoms with E-state index in [1.54, 1.807) is 7.11 Å². The Morgan fingerprint density at radius 3 is 2.76 bits per heavy atom. The van der Waals surface area contributed by atoms with Gasteiger partial charge in [0, 0.05) is 30.4 Å². The summed E-state index contributed by atoms with van der Waals surface area (Å²) in [6.45, 7) is 6.97. The highest BCUT2D eigenvalue weighted by molar-refractivity contribution is 5.26. The zero-order valence-corrected chi connectivity index (χ0v) is 13.6. The zero-order chi connectivity index (χ0) is 15.2. The SMILES string of the molecule is CCN(Cc1cc(OC)cc(C)n1)C1CCCCC1CN. The van der Waals surface area contributed by atoms with Gasteiger partial charge in [-0.3, -0.25) is 9.88 Å². The van der Waals surface area contributed by atoms with Crippen LogP contribution < -0.4 is 10.5 Å². The van der Waals surface area contributed by atoms with Crippen LogP contribution in [0.1, 0.15) is 44.0 Å². The first-order chi connectivity index (χ1) is 10.2. The molecule has 2 N–H and O–H groups in total. The molecule has 1 aromatic heterocycles. The zero-order valence-electron chi connectivity index (χ0n) is 13.6. The molecule has 0 spiro atoms. The summed E-state index contributed by atoms with van der Waals surface area (Å²) in [6.07, 6.45) is 5.18. The molecule has 1 aromatic rings. The first-order valence-corrected chi connectivity index (χ1v) is 8.13. The molecule has 1 aliphatic carbocycles. The first kappa shape index (κ1) is 16.2. The molecule has 1 aliphatic rings. The van der Waals surface area contributed by atoms with Crippen LogP contribution in [0, 0.1) is 12.8 Å².